The van der Waals surface area contributed by atoms with Gasteiger partial charge in [-0.3, -0.25) is 4.79 Å². The summed E-state index contributed by atoms with van der Waals surface area (Å²) < 4.78 is 0. The van der Waals surface area contributed by atoms with Crippen molar-refractivity contribution in [3.05, 3.63) is 46.2 Å². The third-order valence-corrected chi connectivity index (χ3v) is 3.13. The Hall–Kier alpha value is -2.23. The summed E-state index contributed by atoms with van der Waals surface area (Å²) in [5.41, 5.74) is 9.00. The molecule has 0 atom stereocenters. The van der Waals surface area contributed by atoms with Crippen LogP contribution in [0.3, 0.4) is 0 Å². The standard InChI is InChI=1S/C14H14N4OS/c15-6-1-3-11-4-2-7-16-13(11)14(19)17-8-5-12-9-20-10-18-12/h2,4,7,9-10H,5-6,8,15H2,(H,17,19). The van der Waals surface area contributed by atoms with Crippen LogP contribution in [0.5, 0.6) is 0 Å². The Labute approximate surface area is 121 Å². The third-order valence-electron chi connectivity index (χ3n) is 2.50. The van der Waals surface area contributed by atoms with Crippen LogP contribution in [0.15, 0.2) is 29.2 Å². The Morgan fingerprint density at radius 1 is 1.45 bits per heavy atom. The lowest BCUT2D eigenvalue weighted by Gasteiger charge is -2.05. The predicted octanol–water partition coefficient (Wildman–Crippen LogP) is 0.821. The highest BCUT2D eigenvalue weighted by Gasteiger charge is 2.10. The molecule has 0 aliphatic carbocycles. The quantitative estimate of drug-likeness (QED) is 0.815. The van der Waals surface area contributed by atoms with E-state index in [1.165, 1.54) is 0 Å². The van der Waals surface area contributed by atoms with Crippen molar-refractivity contribution in [1.82, 2.24) is 15.3 Å². The Morgan fingerprint density at radius 3 is 3.10 bits per heavy atom. The average molecular weight is 286 g/mol. The Bertz CT molecular complexity index is 628. The van der Waals surface area contributed by atoms with Gasteiger partial charge < -0.3 is 11.1 Å². The number of amides is 1. The molecule has 2 aromatic rings. The molecule has 0 aromatic carbocycles. The van der Waals surface area contributed by atoms with Crippen LogP contribution in [0, 0.1) is 11.8 Å². The van der Waals surface area contributed by atoms with Crippen molar-refractivity contribution < 1.29 is 4.79 Å². The number of hydrogen-bond donors (Lipinski definition) is 2. The predicted molar refractivity (Wildman–Crippen MR) is 78.3 cm³/mol. The normalized spacial score (nSPS) is 9.65. The van der Waals surface area contributed by atoms with E-state index < -0.39 is 0 Å². The summed E-state index contributed by atoms with van der Waals surface area (Å²) in [6, 6.07) is 3.50. The van der Waals surface area contributed by atoms with Crippen molar-refractivity contribution >= 4 is 17.2 Å². The van der Waals surface area contributed by atoms with Crippen LogP contribution in [0.1, 0.15) is 21.7 Å². The second-order valence-corrected chi connectivity index (χ2v) is 4.61. The van der Waals surface area contributed by atoms with E-state index in [9.17, 15) is 4.79 Å². The van der Waals surface area contributed by atoms with Gasteiger partial charge in [-0.15, -0.1) is 11.3 Å². The van der Waals surface area contributed by atoms with Gasteiger partial charge in [0.15, 0.2) is 0 Å². The molecule has 0 saturated carbocycles. The number of nitrogens with two attached hydrogens (primary N) is 1. The minimum atomic E-state index is -0.234. The summed E-state index contributed by atoms with van der Waals surface area (Å²) in [5, 5.41) is 4.78. The third kappa shape index (κ3) is 3.88. The largest absolute Gasteiger partial charge is 0.350 e. The summed E-state index contributed by atoms with van der Waals surface area (Å²) in [6.07, 6.45) is 2.27. The molecule has 2 heterocycles. The highest BCUT2D eigenvalue weighted by Crippen LogP contribution is 2.04. The van der Waals surface area contributed by atoms with Crippen LogP contribution >= 0.6 is 11.3 Å². The Morgan fingerprint density at radius 2 is 2.35 bits per heavy atom. The molecule has 0 spiro atoms. The van der Waals surface area contributed by atoms with Crippen LogP contribution in [-0.4, -0.2) is 29.0 Å². The molecule has 1 amide bonds. The Balaban J connectivity index is 1.98. The lowest BCUT2D eigenvalue weighted by atomic mass is 10.2. The summed E-state index contributed by atoms with van der Waals surface area (Å²) in [7, 11) is 0. The maximum atomic E-state index is 12.1. The maximum absolute atomic E-state index is 12.1. The zero-order valence-corrected chi connectivity index (χ0v) is 11.6. The monoisotopic (exact) mass is 286 g/mol. The summed E-state index contributed by atoms with van der Waals surface area (Å²) in [6.45, 7) is 0.767. The van der Waals surface area contributed by atoms with Crippen molar-refractivity contribution in [2.24, 2.45) is 5.73 Å². The van der Waals surface area contributed by atoms with Gasteiger partial charge in [0.2, 0.25) is 0 Å². The van der Waals surface area contributed by atoms with Gasteiger partial charge in [0.1, 0.15) is 5.69 Å². The average Bonchev–Trinajstić information content (AvgIpc) is 2.98. The second-order valence-electron chi connectivity index (χ2n) is 3.89. The van der Waals surface area contributed by atoms with Gasteiger partial charge in [0, 0.05) is 24.5 Å². The van der Waals surface area contributed by atoms with Crippen LogP contribution < -0.4 is 11.1 Å². The molecule has 20 heavy (non-hydrogen) atoms. The molecule has 0 aliphatic heterocycles. The zero-order chi connectivity index (χ0) is 14.2. The van der Waals surface area contributed by atoms with Gasteiger partial charge in [0.25, 0.3) is 5.91 Å². The molecule has 0 bridgehead atoms. The highest BCUT2D eigenvalue weighted by molar-refractivity contribution is 7.07. The fourth-order valence-electron chi connectivity index (χ4n) is 1.58. The lowest BCUT2D eigenvalue weighted by molar-refractivity contribution is 0.0949. The molecular formula is C14H14N4OS. The smallest absolute Gasteiger partial charge is 0.271 e. The van der Waals surface area contributed by atoms with Crippen LogP contribution in [0.4, 0.5) is 0 Å². The maximum Gasteiger partial charge on any atom is 0.271 e. The SMILES string of the molecule is NCC#Cc1cccnc1C(=O)NCCc1cscn1. The number of aromatic nitrogens is 2. The van der Waals surface area contributed by atoms with E-state index in [0.29, 0.717) is 24.2 Å². The molecule has 0 aliphatic rings. The molecule has 0 fully saturated rings. The molecule has 2 aromatic heterocycles. The number of carbonyl (C=O) groups is 1. The van der Waals surface area contributed by atoms with Crippen LogP contribution in [-0.2, 0) is 6.42 Å². The summed E-state index contributed by atoms with van der Waals surface area (Å²) in [5.74, 6) is 5.34. The van der Waals surface area contributed by atoms with E-state index in [2.05, 4.69) is 27.1 Å². The number of nitrogens with zero attached hydrogens (tertiary/aromatic N) is 2. The number of pyridine rings is 1. The molecular weight excluding hydrogens is 272 g/mol. The van der Waals surface area contributed by atoms with Crippen LogP contribution in [0.25, 0.3) is 0 Å². The molecule has 0 saturated heterocycles. The van der Waals surface area contributed by atoms with Crippen LogP contribution in [0.2, 0.25) is 0 Å². The van der Waals surface area contributed by atoms with Gasteiger partial charge in [-0.2, -0.15) is 0 Å². The minimum Gasteiger partial charge on any atom is -0.350 e. The van der Waals surface area contributed by atoms with Gasteiger partial charge >= 0.3 is 0 Å². The van der Waals surface area contributed by atoms with E-state index in [-0.39, 0.29) is 12.5 Å². The highest BCUT2D eigenvalue weighted by atomic mass is 32.1. The van der Waals surface area contributed by atoms with E-state index in [1.807, 2.05) is 5.38 Å². The fourth-order valence-corrected chi connectivity index (χ4v) is 2.18. The number of hydrogen-bond acceptors (Lipinski definition) is 5. The van der Waals surface area contributed by atoms with Crippen molar-refractivity contribution in [2.75, 3.05) is 13.1 Å². The summed E-state index contributed by atoms with van der Waals surface area (Å²) in [4.78, 5) is 20.3. The number of carbonyl (C=O) groups excluding carboxylic acids is 1. The molecule has 6 heteroatoms. The van der Waals surface area contributed by atoms with E-state index in [4.69, 9.17) is 5.73 Å². The van der Waals surface area contributed by atoms with E-state index >= 15 is 0 Å². The van der Waals surface area contributed by atoms with Gasteiger partial charge in [-0.05, 0) is 12.1 Å². The molecule has 0 unspecified atom stereocenters. The number of thiazole rings is 1. The van der Waals surface area contributed by atoms with Crippen molar-refractivity contribution in [3.63, 3.8) is 0 Å². The van der Waals surface area contributed by atoms with Crippen molar-refractivity contribution in [3.8, 4) is 11.8 Å². The van der Waals surface area contributed by atoms with Crippen molar-refractivity contribution in [1.29, 1.82) is 0 Å². The number of rotatable bonds is 4. The van der Waals surface area contributed by atoms with Gasteiger partial charge in [0.05, 0.1) is 23.3 Å². The first-order valence-electron chi connectivity index (χ1n) is 6.10. The van der Waals surface area contributed by atoms with E-state index in [0.717, 1.165) is 5.69 Å². The van der Waals surface area contributed by atoms with Gasteiger partial charge in [-0.1, -0.05) is 11.8 Å². The molecule has 102 valence electrons. The molecule has 0 radical (unpaired) electrons. The van der Waals surface area contributed by atoms with E-state index in [1.54, 1.807) is 35.2 Å². The minimum absolute atomic E-state index is 0.234. The first-order chi connectivity index (χ1) is 9.81. The summed E-state index contributed by atoms with van der Waals surface area (Å²) >= 11 is 1.54. The molecule has 2 rings (SSSR count). The first kappa shape index (κ1) is 14.2. The number of nitrogens with one attached hydrogen (secondary N) is 1. The zero-order valence-electron chi connectivity index (χ0n) is 10.8. The second kappa shape index (κ2) is 7.38. The molecule has 3 N–H and O–H groups in total. The first-order valence-corrected chi connectivity index (χ1v) is 7.04. The topological polar surface area (TPSA) is 80.9 Å². The Kier molecular flexibility index (Phi) is 5.24. The van der Waals surface area contributed by atoms with Gasteiger partial charge in [-0.25, -0.2) is 9.97 Å². The lowest BCUT2D eigenvalue weighted by Crippen LogP contribution is -2.27. The molecule has 5 nitrogen and oxygen atoms in total. The fraction of sp³-hybridized carbons (Fsp3) is 0.214. The van der Waals surface area contributed by atoms with Crippen molar-refractivity contribution in [2.45, 2.75) is 6.42 Å².